The van der Waals surface area contributed by atoms with Gasteiger partial charge in [-0.3, -0.25) is 9.69 Å². The zero-order chi connectivity index (χ0) is 17.0. The van der Waals surface area contributed by atoms with Crippen LogP contribution in [0.1, 0.15) is 63.0 Å². The van der Waals surface area contributed by atoms with Gasteiger partial charge >= 0.3 is 5.97 Å². The fraction of sp³-hybridized carbons (Fsp3) is 0.682. The van der Waals surface area contributed by atoms with Crippen LogP contribution in [0.3, 0.4) is 0 Å². The maximum Gasteiger partial charge on any atom is 0.308 e. The molecule has 25 heavy (non-hydrogen) atoms. The van der Waals surface area contributed by atoms with Gasteiger partial charge in [-0.05, 0) is 80.2 Å². The van der Waals surface area contributed by atoms with E-state index in [1.807, 2.05) is 6.07 Å². The summed E-state index contributed by atoms with van der Waals surface area (Å²) in [5.41, 5.74) is 3.42. The van der Waals surface area contributed by atoms with Crippen LogP contribution in [0.5, 0.6) is 5.75 Å². The quantitative estimate of drug-likeness (QED) is 0.614. The number of esters is 1. The van der Waals surface area contributed by atoms with Gasteiger partial charge in [0.1, 0.15) is 5.75 Å². The Morgan fingerprint density at radius 3 is 2.92 bits per heavy atom. The Morgan fingerprint density at radius 1 is 1.24 bits per heavy atom. The van der Waals surface area contributed by atoms with Crippen LogP contribution in [-0.2, 0) is 16.6 Å². The van der Waals surface area contributed by atoms with Crippen LogP contribution in [0.15, 0.2) is 18.2 Å². The molecule has 3 fully saturated rings. The van der Waals surface area contributed by atoms with Gasteiger partial charge in [-0.25, -0.2) is 0 Å². The first-order valence-electron chi connectivity index (χ1n) is 10.2. The first-order valence-corrected chi connectivity index (χ1v) is 10.2. The van der Waals surface area contributed by atoms with Crippen LogP contribution in [0.25, 0.3) is 0 Å². The molecule has 0 aromatic heterocycles. The molecule has 1 aromatic carbocycles. The molecule has 0 spiro atoms. The molecule has 0 radical (unpaired) electrons. The van der Waals surface area contributed by atoms with Gasteiger partial charge in [0.25, 0.3) is 0 Å². The lowest BCUT2D eigenvalue weighted by molar-refractivity contribution is -0.131. The molecular formula is C22H29NO2. The summed E-state index contributed by atoms with van der Waals surface area (Å²) >= 11 is 0. The van der Waals surface area contributed by atoms with Gasteiger partial charge in [0.2, 0.25) is 0 Å². The predicted octanol–water partition coefficient (Wildman–Crippen LogP) is 4.08. The number of benzene rings is 1. The number of rotatable bonds is 3. The van der Waals surface area contributed by atoms with E-state index in [4.69, 9.17) is 4.74 Å². The van der Waals surface area contributed by atoms with Crippen LogP contribution in [0, 0.1) is 11.8 Å². The minimum atomic E-state index is -0.222. The normalized spacial score (nSPS) is 34.1. The molecular weight excluding hydrogens is 310 g/mol. The second-order valence-electron chi connectivity index (χ2n) is 8.88. The number of carbonyl (C=O) groups is 1. The molecule has 0 N–H and O–H groups in total. The van der Waals surface area contributed by atoms with Gasteiger partial charge in [0.05, 0.1) is 0 Å². The van der Waals surface area contributed by atoms with Gasteiger partial charge in [-0.1, -0.05) is 18.9 Å². The monoisotopic (exact) mass is 339 g/mol. The number of ether oxygens (including phenoxy) is 1. The van der Waals surface area contributed by atoms with E-state index in [2.05, 4.69) is 17.0 Å². The third-order valence-corrected chi connectivity index (χ3v) is 7.37. The lowest BCUT2D eigenvalue weighted by Gasteiger charge is -2.59. The van der Waals surface area contributed by atoms with Crippen molar-refractivity contribution in [2.45, 2.75) is 69.7 Å². The molecule has 5 rings (SSSR count). The summed E-state index contributed by atoms with van der Waals surface area (Å²) < 4.78 is 5.39. The summed E-state index contributed by atoms with van der Waals surface area (Å²) in [5.74, 6) is 2.30. The Labute approximate surface area is 150 Å². The maximum atomic E-state index is 11.4. The Kier molecular flexibility index (Phi) is 3.70. The Morgan fingerprint density at radius 2 is 2.12 bits per heavy atom. The van der Waals surface area contributed by atoms with Crippen molar-refractivity contribution in [2.75, 3.05) is 13.1 Å². The van der Waals surface area contributed by atoms with E-state index in [9.17, 15) is 4.79 Å². The number of likely N-dealkylation sites (tertiary alicyclic amines) is 1. The molecule has 3 atom stereocenters. The summed E-state index contributed by atoms with van der Waals surface area (Å²) in [6, 6.07) is 7.18. The van der Waals surface area contributed by atoms with Gasteiger partial charge < -0.3 is 4.74 Å². The van der Waals surface area contributed by atoms with Crippen LogP contribution < -0.4 is 4.74 Å². The van der Waals surface area contributed by atoms with Crippen LogP contribution in [-0.4, -0.2) is 30.0 Å². The zero-order valence-electron chi connectivity index (χ0n) is 15.3. The first-order chi connectivity index (χ1) is 12.2. The molecule has 3 aliphatic carbocycles. The fourth-order valence-corrected chi connectivity index (χ4v) is 6.18. The fourth-order valence-electron chi connectivity index (χ4n) is 6.18. The number of nitrogens with zero attached hydrogens (tertiary/aromatic N) is 1. The van der Waals surface area contributed by atoms with Crippen molar-refractivity contribution in [3.05, 3.63) is 29.3 Å². The zero-order valence-corrected chi connectivity index (χ0v) is 15.3. The number of carbonyl (C=O) groups excluding carboxylic acids is 1. The number of hydrogen-bond acceptors (Lipinski definition) is 3. The number of fused-ring (bicyclic) bond motifs is 1. The van der Waals surface area contributed by atoms with E-state index < -0.39 is 0 Å². The summed E-state index contributed by atoms with van der Waals surface area (Å²) in [7, 11) is 0. The second kappa shape index (κ2) is 5.84. The largest absolute Gasteiger partial charge is 0.427 e. The molecule has 2 saturated carbocycles. The van der Waals surface area contributed by atoms with Gasteiger partial charge in [-0.2, -0.15) is 0 Å². The lowest BCUT2D eigenvalue weighted by Crippen LogP contribution is -2.61. The molecule has 1 heterocycles. The maximum absolute atomic E-state index is 11.4. The molecule has 1 saturated heterocycles. The third-order valence-electron chi connectivity index (χ3n) is 7.37. The minimum absolute atomic E-state index is 0.222. The average Bonchev–Trinajstić information content (AvgIpc) is 3.40. The van der Waals surface area contributed by atoms with Crippen LogP contribution in [0.2, 0.25) is 0 Å². The van der Waals surface area contributed by atoms with E-state index in [1.165, 1.54) is 70.5 Å². The van der Waals surface area contributed by atoms with E-state index in [0.717, 1.165) is 24.0 Å². The topological polar surface area (TPSA) is 29.5 Å². The minimum Gasteiger partial charge on any atom is -0.427 e. The molecule has 134 valence electrons. The smallest absolute Gasteiger partial charge is 0.308 e. The van der Waals surface area contributed by atoms with E-state index in [0.29, 0.717) is 11.5 Å². The number of hydrogen-bond donors (Lipinski definition) is 0. The molecule has 1 aliphatic heterocycles. The highest BCUT2D eigenvalue weighted by Crippen LogP contribution is 2.56. The summed E-state index contributed by atoms with van der Waals surface area (Å²) in [4.78, 5) is 14.2. The second-order valence-corrected chi connectivity index (χ2v) is 8.88. The van der Waals surface area contributed by atoms with E-state index >= 15 is 0 Å². The van der Waals surface area contributed by atoms with Crippen molar-refractivity contribution in [1.82, 2.24) is 4.90 Å². The van der Waals surface area contributed by atoms with E-state index in [1.54, 1.807) is 5.56 Å². The predicted molar refractivity (Wildman–Crippen MR) is 97.8 cm³/mol. The summed E-state index contributed by atoms with van der Waals surface area (Å²) in [5, 5.41) is 0. The van der Waals surface area contributed by atoms with Gasteiger partial charge in [0.15, 0.2) is 0 Å². The highest BCUT2D eigenvalue weighted by molar-refractivity contribution is 5.69. The first kappa shape index (κ1) is 15.9. The Balaban J connectivity index is 1.53. The summed E-state index contributed by atoms with van der Waals surface area (Å²) in [6.45, 7) is 4.08. The molecule has 3 nitrogen and oxygen atoms in total. The van der Waals surface area contributed by atoms with Crippen molar-refractivity contribution in [1.29, 1.82) is 0 Å². The van der Waals surface area contributed by atoms with Gasteiger partial charge in [-0.15, -0.1) is 0 Å². The van der Waals surface area contributed by atoms with Crippen molar-refractivity contribution in [2.24, 2.45) is 11.8 Å². The average molecular weight is 339 g/mol. The highest BCUT2D eigenvalue weighted by Gasteiger charge is 2.54. The Bertz CT molecular complexity index is 695. The van der Waals surface area contributed by atoms with Gasteiger partial charge in [0, 0.05) is 24.9 Å². The lowest BCUT2D eigenvalue weighted by atomic mass is 9.52. The SMILES string of the molecule is CC(=O)Oc1ccc2c(c1)C[C@@H]1[C@@H]3CCCC[C@]23CCN1CC1CC1. The Hall–Kier alpha value is -1.35. The van der Waals surface area contributed by atoms with Crippen LogP contribution in [0.4, 0.5) is 0 Å². The van der Waals surface area contributed by atoms with E-state index in [-0.39, 0.29) is 5.97 Å². The molecule has 1 aromatic rings. The van der Waals surface area contributed by atoms with Crippen molar-refractivity contribution in [3.8, 4) is 5.75 Å². The standard InChI is InChI=1S/C22H29NO2/c1-15(24)25-18-7-8-19-17(12-18)13-21-20-4-2-3-9-22(19,20)10-11-23(21)14-16-5-6-16/h7-8,12,16,20-21H,2-6,9-11,13-14H2,1H3/t20-,21+,22-/m0/s1. The molecule has 0 amide bonds. The highest BCUT2D eigenvalue weighted by atomic mass is 16.5. The van der Waals surface area contributed by atoms with Crippen molar-refractivity contribution < 1.29 is 9.53 Å². The molecule has 2 bridgehead atoms. The third kappa shape index (κ3) is 2.63. The molecule has 0 unspecified atom stereocenters. The summed E-state index contributed by atoms with van der Waals surface area (Å²) in [6.07, 6.45) is 10.9. The van der Waals surface area contributed by atoms with Crippen molar-refractivity contribution >= 4 is 5.97 Å². The molecule has 3 heteroatoms. The van der Waals surface area contributed by atoms with Crippen LogP contribution >= 0.6 is 0 Å². The molecule has 4 aliphatic rings. The van der Waals surface area contributed by atoms with Crippen molar-refractivity contribution in [3.63, 3.8) is 0 Å². The number of piperidine rings is 1.